The SMILES string of the molecule is CCN1C[C@H](CN(C)C(=O)c2ccc(-n3cccn3)cc2)Oc2ccccc21. The topological polar surface area (TPSA) is 50.6 Å². The number of nitrogens with zero attached hydrogens (tertiary/aromatic N) is 4. The molecule has 144 valence electrons. The Hall–Kier alpha value is -3.28. The summed E-state index contributed by atoms with van der Waals surface area (Å²) in [5.74, 6) is 0.863. The van der Waals surface area contributed by atoms with Gasteiger partial charge >= 0.3 is 0 Å². The van der Waals surface area contributed by atoms with Crippen molar-refractivity contribution in [3.63, 3.8) is 0 Å². The number of amides is 1. The van der Waals surface area contributed by atoms with Crippen molar-refractivity contribution in [3.05, 3.63) is 72.6 Å². The third kappa shape index (κ3) is 3.58. The van der Waals surface area contributed by atoms with E-state index in [1.807, 2.05) is 61.8 Å². The van der Waals surface area contributed by atoms with E-state index in [4.69, 9.17) is 4.74 Å². The fraction of sp³-hybridized carbons (Fsp3) is 0.273. The van der Waals surface area contributed by atoms with Gasteiger partial charge in [-0.05, 0) is 49.4 Å². The van der Waals surface area contributed by atoms with Gasteiger partial charge in [0.1, 0.15) is 11.9 Å². The summed E-state index contributed by atoms with van der Waals surface area (Å²) >= 11 is 0. The lowest BCUT2D eigenvalue weighted by Gasteiger charge is -2.37. The normalized spacial score (nSPS) is 15.6. The molecule has 0 unspecified atom stereocenters. The number of rotatable bonds is 5. The second-order valence-electron chi connectivity index (χ2n) is 6.93. The molecule has 0 saturated carbocycles. The first-order valence-corrected chi connectivity index (χ1v) is 9.52. The molecule has 28 heavy (non-hydrogen) atoms. The van der Waals surface area contributed by atoms with Crippen LogP contribution in [0.25, 0.3) is 5.69 Å². The molecule has 0 saturated heterocycles. The second kappa shape index (κ2) is 7.76. The number of carbonyl (C=O) groups is 1. The number of para-hydroxylation sites is 2. The second-order valence-corrected chi connectivity index (χ2v) is 6.93. The summed E-state index contributed by atoms with van der Waals surface area (Å²) in [5.41, 5.74) is 2.70. The Balaban J connectivity index is 1.43. The molecule has 2 heterocycles. The van der Waals surface area contributed by atoms with Crippen LogP contribution in [0.2, 0.25) is 0 Å². The van der Waals surface area contributed by atoms with Crippen LogP contribution in [0.1, 0.15) is 17.3 Å². The zero-order valence-corrected chi connectivity index (χ0v) is 16.2. The molecule has 0 radical (unpaired) electrons. The van der Waals surface area contributed by atoms with Crippen LogP contribution in [-0.2, 0) is 0 Å². The Labute approximate surface area is 164 Å². The highest BCUT2D eigenvalue weighted by atomic mass is 16.5. The number of benzene rings is 2. The average molecular weight is 376 g/mol. The van der Waals surface area contributed by atoms with E-state index in [1.54, 1.807) is 15.8 Å². The molecule has 2 aromatic carbocycles. The van der Waals surface area contributed by atoms with E-state index in [0.717, 1.165) is 30.2 Å². The van der Waals surface area contributed by atoms with Gasteiger partial charge in [0.2, 0.25) is 0 Å². The number of carbonyl (C=O) groups excluding carboxylic acids is 1. The fourth-order valence-electron chi connectivity index (χ4n) is 3.56. The van der Waals surface area contributed by atoms with Crippen LogP contribution in [0.4, 0.5) is 5.69 Å². The van der Waals surface area contributed by atoms with E-state index in [-0.39, 0.29) is 12.0 Å². The summed E-state index contributed by atoms with van der Waals surface area (Å²) in [6.07, 6.45) is 3.54. The summed E-state index contributed by atoms with van der Waals surface area (Å²) in [7, 11) is 1.82. The highest BCUT2D eigenvalue weighted by Gasteiger charge is 2.27. The van der Waals surface area contributed by atoms with Crippen molar-refractivity contribution < 1.29 is 9.53 Å². The van der Waals surface area contributed by atoms with Gasteiger partial charge in [0.05, 0.1) is 24.5 Å². The van der Waals surface area contributed by atoms with E-state index >= 15 is 0 Å². The minimum absolute atomic E-state index is 0.0162. The van der Waals surface area contributed by atoms with Gasteiger partial charge in [-0.15, -0.1) is 0 Å². The van der Waals surface area contributed by atoms with Crippen LogP contribution >= 0.6 is 0 Å². The zero-order chi connectivity index (χ0) is 19.5. The van der Waals surface area contributed by atoms with Crippen LogP contribution in [0.3, 0.4) is 0 Å². The third-order valence-corrected chi connectivity index (χ3v) is 5.01. The maximum absolute atomic E-state index is 12.8. The summed E-state index contributed by atoms with van der Waals surface area (Å²) in [5, 5.41) is 4.21. The molecule has 6 heteroatoms. The Morgan fingerprint density at radius 1 is 1.18 bits per heavy atom. The van der Waals surface area contributed by atoms with Crippen LogP contribution < -0.4 is 9.64 Å². The first-order valence-electron chi connectivity index (χ1n) is 9.52. The zero-order valence-electron chi connectivity index (χ0n) is 16.2. The van der Waals surface area contributed by atoms with E-state index < -0.39 is 0 Å². The molecular formula is C22H24N4O2. The lowest BCUT2D eigenvalue weighted by Crippen LogP contribution is -2.46. The molecule has 0 spiro atoms. The molecule has 1 atom stereocenters. The fourth-order valence-corrected chi connectivity index (χ4v) is 3.56. The van der Waals surface area contributed by atoms with Crippen molar-refractivity contribution in [2.45, 2.75) is 13.0 Å². The van der Waals surface area contributed by atoms with Crippen LogP contribution in [-0.4, -0.2) is 53.4 Å². The number of aromatic nitrogens is 2. The first kappa shape index (κ1) is 18.1. The van der Waals surface area contributed by atoms with Crippen LogP contribution in [0.15, 0.2) is 67.0 Å². The van der Waals surface area contributed by atoms with Crippen LogP contribution in [0.5, 0.6) is 5.75 Å². The van der Waals surface area contributed by atoms with E-state index in [1.165, 1.54) is 0 Å². The monoisotopic (exact) mass is 376 g/mol. The molecule has 0 aliphatic carbocycles. The minimum Gasteiger partial charge on any atom is -0.485 e. The average Bonchev–Trinajstić information content (AvgIpc) is 3.27. The number of ether oxygens (including phenoxy) is 1. The standard InChI is InChI=1S/C22H24N4O2/c1-3-25-16-19(28-21-8-5-4-7-20(21)25)15-24(2)22(27)17-9-11-18(12-10-17)26-14-6-13-23-26/h4-14,19H,3,15-16H2,1-2H3/t19-/m0/s1. The Morgan fingerprint density at radius 3 is 2.68 bits per heavy atom. The van der Waals surface area contributed by atoms with Crippen LogP contribution in [0, 0.1) is 0 Å². The summed E-state index contributed by atoms with van der Waals surface area (Å²) in [6, 6.07) is 17.4. The van der Waals surface area contributed by atoms with Crippen molar-refractivity contribution in [2.75, 3.05) is 31.6 Å². The quantitative estimate of drug-likeness (QED) is 0.686. The Kier molecular flexibility index (Phi) is 5.02. The number of anilines is 1. The summed E-state index contributed by atoms with van der Waals surface area (Å²) in [6.45, 7) is 4.34. The van der Waals surface area contributed by atoms with Crippen molar-refractivity contribution >= 4 is 11.6 Å². The van der Waals surface area contributed by atoms with Gasteiger partial charge in [0.15, 0.2) is 0 Å². The van der Waals surface area contributed by atoms with Gasteiger partial charge in [-0.3, -0.25) is 4.79 Å². The molecule has 1 aliphatic heterocycles. The largest absolute Gasteiger partial charge is 0.485 e. The Morgan fingerprint density at radius 2 is 1.96 bits per heavy atom. The molecule has 4 rings (SSSR count). The van der Waals surface area contributed by atoms with E-state index in [0.29, 0.717) is 12.1 Å². The molecule has 0 fully saturated rings. The molecule has 1 aromatic heterocycles. The van der Waals surface area contributed by atoms with Gasteiger partial charge in [0, 0.05) is 31.5 Å². The first-order chi connectivity index (χ1) is 13.7. The molecular weight excluding hydrogens is 352 g/mol. The van der Waals surface area contributed by atoms with Gasteiger partial charge in [-0.2, -0.15) is 5.10 Å². The predicted molar refractivity (Wildman–Crippen MR) is 109 cm³/mol. The van der Waals surface area contributed by atoms with Crippen molar-refractivity contribution in [1.29, 1.82) is 0 Å². The van der Waals surface area contributed by atoms with Gasteiger partial charge in [-0.25, -0.2) is 4.68 Å². The molecule has 0 bridgehead atoms. The smallest absolute Gasteiger partial charge is 0.253 e. The summed E-state index contributed by atoms with van der Waals surface area (Å²) < 4.78 is 7.91. The molecule has 1 aliphatic rings. The maximum atomic E-state index is 12.8. The molecule has 1 amide bonds. The highest BCUT2D eigenvalue weighted by molar-refractivity contribution is 5.94. The van der Waals surface area contributed by atoms with E-state index in [9.17, 15) is 4.79 Å². The van der Waals surface area contributed by atoms with Gasteiger partial charge in [0.25, 0.3) is 5.91 Å². The van der Waals surface area contributed by atoms with Gasteiger partial charge in [-0.1, -0.05) is 12.1 Å². The summed E-state index contributed by atoms with van der Waals surface area (Å²) in [4.78, 5) is 16.9. The number of likely N-dealkylation sites (N-methyl/N-ethyl adjacent to an activating group) is 2. The Bertz CT molecular complexity index is 937. The lowest BCUT2D eigenvalue weighted by molar-refractivity contribution is 0.0709. The maximum Gasteiger partial charge on any atom is 0.253 e. The van der Waals surface area contributed by atoms with E-state index in [2.05, 4.69) is 23.0 Å². The number of hydrogen-bond donors (Lipinski definition) is 0. The number of fused-ring (bicyclic) bond motifs is 1. The number of hydrogen-bond acceptors (Lipinski definition) is 4. The molecule has 3 aromatic rings. The van der Waals surface area contributed by atoms with Crippen molar-refractivity contribution in [3.8, 4) is 11.4 Å². The third-order valence-electron chi connectivity index (χ3n) is 5.01. The lowest BCUT2D eigenvalue weighted by atomic mass is 10.1. The minimum atomic E-state index is -0.0628. The van der Waals surface area contributed by atoms with Crippen molar-refractivity contribution in [1.82, 2.24) is 14.7 Å². The highest BCUT2D eigenvalue weighted by Crippen LogP contribution is 2.32. The predicted octanol–water partition coefficient (Wildman–Crippen LogP) is 3.23. The molecule has 0 N–H and O–H groups in total. The van der Waals surface area contributed by atoms with Gasteiger partial charge < -0.3 is 14.5 Å². The molecule has 6 nitrogen and oxygen atoms in total. The van der Waals surface area contributed by atoms with Crippen molar-refractivity contribution in [2.24, 2.45) is 0 Å².